The van der Waals surface area contributed by atoms with Gasteiger partial charge in [-0.25, -0.2) is 0 Å². The number of hydrogen-bond acceptors (Lipinski definition) is 3. The Hall–Kier alpha value is -2.69. The van der Waals surface area contributed by atoms with E-state index in [-0.39, 0.29) is 29.7 Å². The maximum Gasteiger partial charge on any atom is 0.226 e. The van der Waals surface area contributed by atoms with Gasteiger partial charge in [0.25, 0.3) is 0 Å². The Morgan fingerprint density at radius 1 is 1.07 bits per heavy atom. The van der Waals surface area contributed by atoms with Crippen molar-refractivity contribution < 1.29 is 9.59 Å². The fraction of sp³-hybridized carbons (Fsp3) is 0.435. The lowest BCUT2D eigenvalue weighted by molar-refractivity contribution is -0.140. The Bertz CT molecular complexity index is 848. The van der Waals surface area contributed by atoms with Gasteiger partial charge in [0.1, 0.15) is 0 Å². The number of carbonyl (C=O) groups excluding carboxylic acids is 2. The second-order valence-corrected chi connectivity index (χ2v) is 8.01. The zero-order valence-electron chi connectivity index (χ0n) is 16.3. The van der Waals surface area contributed by atoms with E-state index in [1.165, 1.54) is 11.1 Å². The molecule has 1 aromatic heterocycles. The Labute approximate surface area is 166 Å². The molecule has 1 saturated carbocycles. The van der Waals surface area contributed by atoms with Gasteiger partial charge in [-0.05, 0) is 50.3 Å². The molecule has 0 spiro atoms. The number of carbonyl (C=O) groups is 2. The van der Waals surface area contributed by atoms with Gasteiger partial charge in [0.05, 0.1) is 24.2 Å². The second kappa shape index (κ2) is 8.13. The van der Waals surface area contributed by atoms with Gasteiger partial charge in [0.15, 0.2) is 0 Å². The number of benzene rings is 1. The molecule has 5 heteroatoms. The molecular formula is C23H27N3O2. The van der Waals surface area contributed by atoms with Gasteiger partial charge >= 0.3 is 0 Å². The standard InChI is InChI=1S/C23H27N3O2/c1-16-5-4-6-18(13-16)21-11-10-19(15-26(21)23(28)17-8-9-17)22(27)25-14-20-7-2-3-12-24-20/h2-7,12-13,17,19,21H,8-11,14-15H2,1H3,(H,25,27)/t19-,21+/m1/s1. The number of rotatable bonds is 5. The third kappa shape index (κ3) is 4.24. The van der Waals surface area contributed by atoms with Crippen molar-refractivity contribution >= 4 is 11.8 Å². The summed E-state index contributed by atoms with van der Waals surface area (Å²) in [7, 11) is 0. The number of aromatic nitrogens is 1. The summed E-state index contributed by atoms with van der Waals surface area (Å²) in [4.78, 5) is 31.9. The van der Waals surface area contributed by atoms with Crippen molar-refractivity contribution in [2.24, 2.45) is 11.8 Å². The molecule has 0 bridgehead atoms. The number of likely N-dealkylation sites (tertiary alicyclic amines) is 1. The summed E-state index contributed by atoms with van der Waals surface area (Å²) < 4.78 is 0. The lowest BCUT2D eigenvalue weighted by atomic mass is 9.87. The van der Waals surface area contributed by atoms with Gasteiger partial charge in [-0.2, -0.15) is 0 Å². The van der Waals surface area contributed by atoms with Crippen molar-refractivity contribution in [3.05, 3.63) is 65.5 Å². The predicted octanol–water partition coefficient (Wildman–Crippen LogP) is 3.40. The summed E-state index contributed by atoms with van der Waals surface area (Å²) >= 11 is 0. The van der Waals surface area contributed by atoms with Crippen LogP contribution in [-0.4, -0.2) is 28.2 Å². The highest BCUT2D eigenvalue weighted by Gasteiger charge is 2.41. The van der Waals surface area contributed by atoms with Crippen LogP contribution < -0.4 is 5.32 Å². The average molecular weight is 377 g/mol. The number of nitrogens with one attached hydrogen (secondary N) is 1. The lowest BCUT2D eigenvalue weighted by Gasteiger charge is -2.40. The molecule has 1 N–H and O–H groups in total. The van der Waals surface area contributed by atoms with Gasteiger partial charge in [-0.3, -0.25) is 14.6 Å². The Morgan fingerprint density at radius 3 is 2.61 bits per heavy atom. The van der Waals surface area contributed by atoms with Crippen molar-refractivity contribution in [2.75, 3.05) is 6.54 Å². The molecule has 2 fully saturated rings. The minimum absolute atomic E-state index is 0.0157. The first kappa shape index (κ1) is 18.7. The Kier molecular flexibility index (Phi) is 5.42. The minimum Gasteiger partial charge on any atom is -0.350 e. The molecule has 1 aliphatic carbocycles. The molecule has 2 amide bonds. The first-order chi connectivity index (χ1) is 13.6. The van der Waals surface area contributed by atoms with E-state index in [1.807, 2.05) is 23.1 Å². The van der Waals surface area contributed by atoms with E-state index in [9.17, 15) is 9.59 Å². The number of nitrogens with zero attached hydrogens (tertiary/aromatic N) is 2. The van der Waals surface area contributed by atoms with Crippen molar-refractivity contribution in [3.63, 3.8) is 0 Å². The molecule has 0 radical (unpaired) electrons. The third-order valence-electron chi connectivity index (χ3n) is 5.76. The highest BCUT2D eigenvalue weighted by Crippen LogP contribution is 2.39. The largest absolute Gasteiger partial charge is 0.350 e. The van der Waals surface area contributed by atoms with E-state index in [1.54, 1.807) is 6.20 Å². The first-order valence-corrected chi connectivity index (χ1v) is 10.2. The molecule has 2 heterocycles. The maximum atomic E-state index is 13.0. The fourth-order valence-corrected chi connectivity index (χ4v) is 4.04. The second-order valence-electron chi connectivity index (χ2n) is 8.01. The van der Waals surface area contributed by atoms with Crippen LogP contribution in [0.2, 0.25) is 0 Å². The third-order valence-corrected chi connectivity index (χ3v) is 5.76. The number of piperidine rings is 1. The van der Waals surface area contributed by atoms with E-state index in [2.05, 4.69) is 41.5 Å². The minimum atomic E-state index is -0.160. The van der Waals surface area contributed by atoms with Crippen molar-refractivity contribution in [3.8, 4) is 0 Å². The fourth-order valence-electron chi connectivity index (χ4n) is 4.04. The molecule has 2 atom stereocenters. The highest BCUT2D eigenvalue weighted by atomic mass is 16.2. The van der Waals surface area contributed by atoms with Crippen LogP contribution in [0.25, 0.3) is 0 Å². The van der Waals surface area contributed by atoms with Gasteiger partial charge in [0.2, 0.25) is 11.8 Å². The van der Waals surface area contributed by atoms with Gasteiger partial charge in [-0.15, -0.1) is 0 Å². The summed E-state index contributed by atoms with van der Waals surface area (Å²) in [5, 5.41) is 3.00. The summed E-state index contributed by atoms with van der Waals surface area (Å²) in [6, 6.07) is 14.1. The smallest absolute Gasteiger partial charge is 0.226 e. The van der Waals surface area contributed by atoms with Gasteiger partial charge < -0.3 is 10.2 Å². The zero-order valence-corrected chi connectivity index (χ0v) is 16.3. The molecule has 1 aromatic carbocycles. The number of amides is 2. The van der Waals surface area contributed by atoms with E-state index in [0.29, 0.717) is 13.1 Å². The molecular weight excluding hydrogens is 350 g/mol. The summed E-state index contributed by atoms with van der Waals surface area (Å²) in [5.74, 6) is 0.228. The average Bonchev–Trinajstić information content (AvgIpc) is 3.57. The molecule has 28 heavy (non-hydrogen) atoms. The number of pyridine rings is 1. The lowest BCUT2D eigenvalue weighted by Crippen LogP contribution is -2.47. The van der Waals surface area contributed by atoms with E-state index < -0.39 is 0 Å². The van der Waals surface area contributed by atoms with E-state index in [4.69, 9.17) is 0 Å². The first-order valence-electron chi connectivity index (χ1n) is 10.2. The van der Waals surface area contributed by atoms with Crippen molar-refractivity contribution in [2.45, 2.75) is 45.2 Å². The molecule has 5 nitrogen and oxygen atoms in total. The van der Waals surface area contributed by atoms with E-state index >= 15 is 0 Å². The quantitative estimate of drug-likeness (QED) is 0.869. The van der Waals surface area contributed by atoms with Crippen LogP contribution in [0, 0.1) is 18.8 Å². The van der Waals surface area contributed by atoms with Crippen LogP contribution in [0.3, 0.4) is 0 Å². The van der Waals surface area contributed by atoms with Crippen molar-refractivity contribution in [1.29, 1.82) is 0 Å². The summed E-state index contributed by atoms with van der Waals surface area (Å²) in [6.07, 6.45) is 5.30. The molecule has 0 unspecified atom stereocenters. The van der Waals surface area contributed by atoms with Crippen LogP contribution in [0.4, 0.5) is 0 Å². The maximum absolute atomic E-state index is 13.0. The van der Waals surface area contributed by atoms with Gasteiger partial charge in [-0.1, -0.05) is 35.9 Å². The molecule has 1 aliphatic heterocycles. The number of hydrogen-bond donors (Lipinski definition) is 1. The Balaban J connectivity index is 1.45. The number of aryl methyl sites for hydroxylation is 1. The van der Waals surface area contributed by atoms with Crippen molar-refractivity contribution in [1.82, 2.24) is 15.2 Å². The Morgan fingerprint density at radius 2 is 1.89 bits per heavy atom. The van der Waals surface area contributed by atoms with Gasteiger partial charge in [0, 0.05) is 18.7 Å². The molecule has 2 aliphatic rings. The predicted molar refractivity (Wildman–Crippen MR) is 107 cm³/mol. The zero-order chi connectivity index (χ0) is 19.5. The van der Waals surface area contributed by atoms with Crippen LogP contribution in [-0.2, 0) is 16.1 Å². The van der Waals surface area contributed by atoms with Crippen LogP contribution in [0.5, 0.6) is 0 Å². The van der Waals surface area contributed by atoms with Crippen LogP contribution in [0.1, 0.15) is 48.5 Å². The highest BCUT2D eigenvalue weighted by molar-refractivity contribution is 5.84. The topological polar surface area (TPSA) is 62.3 Å². The monoisotopic (exact) mass is 377 g/mol. The molecule has 1 saturated heterocycles. The summed E-state index contributed by atoms with van der Waals surface area (Å²) in [6.45, 7) is 3.00. The SMILES string of the molecule is Cc1cccc([C@@H]2CC[C@@H](C(=O)NCc3ccccn3)CN2C(=O)C2CC2)c1. The molecule has 2 aromatic rings. The normalized spacial score (nSPS) is 22.0. The molecule has 146 valence electrons. The van der Waals surface area contributed by atoms with Crippen LogP contribution >= 0.6 is 0 Å². The van der Waals surface area contributed by atoms with Crippen LogP contribution in [0.15, 0.2) is 48.7 Å². The summed E-state index contributed by atoms with van der Waals surface area (Å²) in [5.41, 5.74) is 3.23. The molecule has 4 rings (SSSR count). The van der Waals surface area contributed by atoms with E-state index in [0.717, 1.165) is 31.4 Å².